The Morgan fingerprint density at radius 2 is 0.908 bits per heavy atom. The SMILES string of the molecule is CC(C)(C)OC(=O)N1CC(=O)N2c3cccc(c3)[C@@H](n3cnc(-c4cc(Cl)ccc4-n4cc(Cl)nn4)cc3=O)CCCCCNC(=O)[C@@H]2C1.CC(C)(C)OC(=O)N1CC(=O)N2c3cccc(c3)[C@@H](n3cnc(-c4cc(Cl)ccc4-n4cc(Cl)nn4)cc3=O)CCCCCNC(=O)[C@H]2C1. The van der Waals surface area contributed by atoms with Crippen molar-refractivity contribution >= 4 is 93.6 Å². The summed E-state index contributed by atoms with van der Waals surface area (Å²) in [7, 11) is 0. The van der Waals surface area contributed by atoms with E-state index in [0.717, 1.165) is 36.8 Å². The highest BCUT2D eigenvalue weighted by Gasteiger charge is 2.43. The van der Waals surface area contributed by atoms with Crippen LogP contribution in [0.15, 0.2) is 132 Å². The molecule has 4 aliphatic heterocycles. The molecular weight excluding hydrogens is 1340 g/mol. The molecule has 0 spiro atoms. The van der Waals surface area contributed by atoms with Gasteiger partial charge < -0.3 is 20.1 Å². The van der Waals surface area contributed by atoms with Gasteiger partial charge >= 0.3 is 12.2 Å². The number of hydrogen-bond donors (Lipinski definition) is 2. The van der Waals surface area contributed by atoms with Crippen molar-refractivity contribution in [1.29, 1.82) is 0 Å². The van der Waals surface area contributed by atoms with E-state index in [1.807, 2.05) is 24.3 Å². The lowest BCUT2D eigenvalue weighted by Gasteiger charge is -2.40. The number of nitrogens with one attached hydrogen (secondary N) is 2. The average Bonchev–Trinajstić information content (AvgIpc) is 1.00. The first kappa shape index (κ1) is 69.8. The number of ether oxygens (including phenoxy) is 2. The van der Waals surface area contributed by atoms with E-state index in [0.29, 0.717) is 94.1 Å². The molecule has 8 aromatic rings. The molecule has 12 rings (SSSR count). The van der Waals surface area contributed by atoms with E-state index in [1.165, 1.54) is 53.8 Å². The lowest BCUT2D eigenvalue weighted by atomic mass is 9.98. The number of halogens is 4. The normalized spacial score (nSPS) is 18.9. The molecule has 8 heterocycles. The molecule has 4 aliphatic rings. The van der Waals surface area contributed by atoms with Crippen LogP contribution in [0.3, 0.4) is 0 Å². The summed E-state index contributed by atoms with van der Waals surface area (Å²) >= 11 is 24.7. The Labute approximate surface area is 583 Å². The number of fused-ring (bicyclic) bond motifs is 8. The number of nitrogens with zero attached hydrogens (tertiary/aromatic N) is 14. The third kappa shape index (κ3) is 16.4. The number of rotatable bonds is 6. The first-order valence-electron chi connectivity index (χ1n) is 32.0. The summed E-state index contributed by atoms with van der Waals surface area (Å²) in [5.41, 5.74) is 3.54. The smallest absolute Gasteiger partial charge is 0.410 e. The van der Waals surface area contributed by atoms with Crippen molar-refractivity contribution in [2.45, 2.75) is 128 Å². The van der Waals surface area contributed by atoms with E-state index in [1.54, 1.807) is 124 Å². The Kier molecular flexibility index (Phi) is 21.2. The third-order valence-electron chi connectivity index (χ3n) is 16.7. The monoisotopic (exact) mass is 1410 g/mol. The Morgan fingerprint density at radius 3 is 1.28 bits per heavy atom. The van der Waals surface area contributed by atoms with Crippen LogP contribution in [0.4, 0.5) is 21.0 Å². The van der Waals surface area contributed by atoms with Crippen LogP contribution in [0.1, 0.15) is 116 Å². The zero-order chi connectivity index (χ0) is 69.7. The van der Waals surface area contributed by atoms with E-state index >= 15 is 0 Å². The standard InChI is InChI=1S/2C34H36Cl2N8O5/c2*1-34(2,3)49-33(48)41-17-28-32(47)37-13-6-4-5-10-26(21-8-7-9-23(14-21)44(28)31(46)19-41)42-20-38-25(16-30(42)45)24-15-22(35)11-12-27(24)43-18-29(36)39-40-43/h2*7-9,11-12,14-16,18,20,26,28H,4-6,10,13,17,19H2,1-3H3,(H,37,47)/t26-,28+;26-,28-/m00/s1. The van der Waals surface area contributed by atoms with Gasteiger partial charge in [-0.15, -0.1) is 10.2 Å². The fourth-order valence-corrected chi connectivity index (χ4v) is 12.9. The maximum absolute atomic E-state index is 13.9. The van der Waals surface area contributed by atoms with Crippen molar-refractivity contribution in [2.24, 2.45) is 0 Å². The molecule has 512 valence electrons. The molecule has 6 amide bonds. The van der Waals surface area contributed by atoms with Crippen molar-refractivity contribution in [1.82, 2.24) is 69.5 Å². The highest BCUT2D eigenvalue weighted by molar-refractivity contribution is 6.31. The van der Waals surface area contributed by atoms with Gasteiger partial charge in [-0.3, -0.25) is 57.5 Å². The molecule has 0 saturated carbocycles. The van der Waals surface area contributed by atoms with Crippen molar-refractivity contribution < 1.29 is 38.2 Å². The minimum Gasteiger partial charge on any atom is -0.444 e. The van der Waals surface area contributed by atoms with E-state index in [2.05, 4.69) is 41.2 Å². The number of piperazine rings is 2. The van der Waals surface area contributed by atoms with Crippen LogP contribution < -0.4 is 31.6 Å². The molecule has 4 bridgehead atoms. The first-order valence-corrected chi connectivity index (χ1v) is 33.5. The summed E-state index contributed by atoms with van der Waals surface area (Å²) in [5, 5.41) is 23.0. The number of hydrogen-bond acceptors (Lipinski definition) is 16. The molecule has 4 aromatic carbocycles. The van der Waals surface area contributed by atoms with Gasteiger partial charge in [0.25, 0.3) is 11.1 Å². The van der Waals surface area contributed by atoms with Gasteiger partial charge in [0.05, 0.1) is 73.0 Å². The molecular formula is C68H72Cl4N16O10. The molecule has 2 fully saturated rings. The maximum Gasteiger partial charge on any atom is 0.410 e. The summed E-state index contributed by atoms with van der Waals surface area (Å²) in [6.45, 7) is 10.7. The maximum atomic E-state index is 13.9. The number of aromatic nitrogens is 10. The van der Waals surface area contributed by atoms with Gasteiger partial charge in [0.2, 0.25) is 23.6 Å². The van der Waals surface area contributed by atoms with Crippen LogP contribution in [0, 0.1) is 0 Å². The summed E-state index contributed by atoms with van der Waals surface area (Å²) in [5.74, 6) is -1.55. The Balaban J connectivity index is 0.000000198. The van der Waals surface area contributed by atoms with Gasteiger partial charge in [0.1, 0.15) is 36.4 Å². The Bertz CT molecular complexity index is 4190. The number of amides is 6. The number of anilines is 2. The second-order valence-electron chi connectivity index (χ2n) is 26.1. The van der Waals surface area contributed by atoms with E-state index in [-0.39, 0.29) is 59.4 Å². The second-order valence-corrected chi connectivity index (χ2v) is 27.8. The lowest BCUT2D eigenvalue weighted by Crippen LogP contribution is -2.63. The molecule has 4 atom stereocenters. The Morgan fingerprint density at radius 1 is 0.500 bits per heavy atom. The van der Waals surface area contributed by atoms with Crippen molar-refractivity contribution in [3.05, 3.63) is 174 Å². The molecule has 30 heteroatoms. The van der Waals surface area contributed by atoms with Crippen LogP contribution in [-0.2, 0) is 28.7 Å². The number of benzene rings is 4. The van der Waals surface area contributed by atoms with E-state index in [9.17, 15) is 38.4 Å². The van der Waals surface area contributed by atoms with Gasteiger partial charge in [0.15, 0.2) is 10.3 Å². The number of carbonyl (C=O) groups excluding carboxylic acids is 6. The van der Waals surface area contributed by atoms with Gasteiger partial charge in [0, 0.05) is 57.8 Å². The zero-order valence-electron chi connectivity index (χ0n) is 54.6. The highest BCUT2D eigenvalue weighted by Crippen LogP contribution is 2.35. The summed E-state index contributed by atoms with van der Waals surface area (Å²) in [4.78, 5) is 123. The third-order valence-corrected chi connectivity index (χ3v) is 17.5. The lowest BCUT2D eigenvalue weighted by molar-refractivity contribution is -0.130. The van der Waals surface area contributed by atoms with Crippen LogP contribution in [0.25, 0.3) is 33.9 Å². The van der Waals surface area contributed by atoms with E-state index < -0.39 is 59.4 Å². The molecule has 0 radical (unpaired) electrons. The molecule has 98 heavy (non-hydrogen) atoms. The van der Waals surface area contributed by atoms with Gasteiger partial charge in [-0.1, -0.05) is 107 Å². The fourth-order valence-electron chi connectivity index (χ4n) is 12.3. The van der Waals surface area contributed by atoms with E-state index in [4.69, 9.17) is 55.9 Å². The fraction of sp³-hybridized carbons (Fsp3) is 0.382. The minimum atomic E-state index is -0.973. The van der Waals surface area contributed by atoms with Crippen LogP contribution in [0.2, 0.25) is 20.4 Å². The molecule has 2 N–H and O–H groups in total. The van der Waals surface area contributed by atoms with Crippen molar-refractivity contribution in [3.63, 3.8) is 0 Å². The topological polar surface area (TPSA) is 289 Å². The van der Waals surface area contributed by atoms with Gasteiger partial charge in [-0.25, -0.2) is 28.9 Å². The van der Waals surface area contributed by atoms with Crippen LogP contribution >= 0.6 is 46.4 Å². The Hall–Kier alpha value is -9.50. The molecule has 4 aromatic heterocycles. The predicted octanol–water partition coefficient (Wildman–Crippen LogP) is 10.1. The highest BCUT2D eigenvalue weighted by atomic mass is 35.5. The second kappa shape index (κ2) is 29.7. The predicted molar refractivity (Wildman–Crippen MR) is 368 cm³/mol. The van der Waals surface area contributed by atoms with Gasteiger partial charge in [-0.05, 0) is 139 Å². The molecule has 0 unspecified atom stereocenters. The largest absolute Gasteiger partial charge is 0.444 e. The summed E-state index contributed by atoms with van der Waals surface area (Å²) < 4.78 is 17.2. The number of carbonyl (C=O) groups is 6. The van der Waals surface area contributed by atoms with Crippen LogP contribution in [0.5, 0.6) is 0 Å². The van der Waals surface area contributed by atoms with Crippen LogP contribution in [-0.4, -0.2) is 157 Å². The zero-order valence-corrected chi connectivity index (χ0v) is 57.6. The van der Waals surface area contributed by atoms with Gasteiger partial charge in [-0.2, -0.15) is 0 Å². The van der Waals surface area contributed by atoms with Crippen molar-refractivity contribution in [3.8, 4) is 33.9 Å². The molecule has 0 aliphatic carbocycles. The molecule has 26 nitrogen and oxygen atoms in total. The minimum absolute atomic E-state index is 0.0305. The summed E-state index contributed by atoms with van der Waals surface area (Å²) in [6.07, 6.45) is 10.6. The molecule has 2 saturated heterocycles. The summed E-state index contributed by atoms with van der Waals surface area (Å²) in [6, 6.07) is 25.0. The van der Waals surface area contributed by atoms with Crippen molar-refractivity contribution in [2.75, 3.05) is 49.1 Å². The average molecular weight is 1420 g/mol. The first-order chi connectivity index (χ1) is 46.7. The quantitative estimate of drug-likeness (QED) is 0.156.